The minimum Gasteiger partial charge on any atom is -0.491 e. The fourth-order valence-corrected chi connectivity index (χ4v) is 2.09. The Kier molecular flexibility index (Phi) is 5.63. The maximum Gasteiger partial charge on any atom is 0.120 e. The third kappa shape index (κ3) is 4.00. The largest absolute Gasteiger partial charge is 0.491 e. The first-order valence-electron chi connectivity index (χ1n) is 6.50. The molecule has 1 rings (SSSR count). The minimum atomic E-state index is -0.134. The summed E-state index contributed by atoms with van der Waals surface area (Å²) in [6, 6.07) is 7.81. The molecular weight excluding hydrogens is 226 g/mol. The molecule has 0 aliphatic carbocycles. The topological polar surface area (TPSA) is 44.5 Å². The van der Waals surface area contributed by atoms with Crippen LogP contribution in [0.25, 0.3) is 0 Å². The van der Waals surface area contributed by atoms with Crippen LogP contribution in [-0.2, 0) is 4.74 Å². The predicted molar refractivity (Wildman–Crippen MR) is 74.8 cm³/mol. The highest BCUT2D eigenvalue weighted by Gasteiger charge is 2.22. The number of nitrogens with two attached hydrogens (primary N) is 1. The standard InChI is InChI=1S/C15H25NO2/c1-10(2)15(17-5)14(16)12-7-6-8-13(9-12)18-11(3)4/h6-11,14-15H,16H2,1-5H3. The molecule has 0 heterocycles. The molecule has 0 bridgehead atoms. The zero-order valence-electron chi connectivity index (χ0n) is 12.0. The summed E-state index contributed by atoms with van der Waals surface area (Å²) in [5, 5.41) is 0. The quantitative estimate of drug-likeness (QED) is 0.844. The SMILES string of the molecule is COC(C(C)C)C(N)c1cccc(OC(C)C)c1. The maximum atomic E-state index is 6.27. The predicted octanol–water partition coefficient (Wildman–Crippen LogP) is 3.14. The van der Waals surface area contributed by atoms with Gasteiger partial charge in [-0.25, -0.2) is 0 Å². The van der Waals surface area contributed by atoms with Crippen molar-refractivity contribution >= 4 is 0 Å². The highest BCUT2D eigenvalue weighted by molar-refractivity contribution is 5.31. The van der Waals surface area contributed by atoms with Gasteiger partial charge in [-0.15, -0.1) is 0 Å². The first kappa shape index (κ1) is 15.0. The van der Waals surface area contributed by atoms with Gasteiger partial charge in [0.15, 0.2) is 0 Å². The molecule has 0 fully saturated rings. The number of rotatable bonds is 6. The van der Waals surface area contributed by atoms with Crippen molar-refractivity contribution in [2.75, 3.05) is 7.11 Å². The number of ether oxygens (including phenoxy) is 2. The highest BCUT2D eigenvalue weighted by Crippen LogP contribution is 2.25. The van der Waals surface area contributed by atoms with Crippen molar-refractivity contribution in [1.29, 1.82) is 0 Å². The van der Waals surface area contributed by atoms with Crippen molar-refractivity contribution in [3.05, 3.63) is 29.8 Å². The molecule has 0 amide bonds. The van der Waals surface area contributed by atoms with Gasteiger partial charge in [0, 0.05) is 7.11 Å². The van der Waals surface area contributed by atoms with Gasteiger partial charge >= 0.3 is 0 Å². The molecule has 0 radical (unpaired) electrons. The Hall–Kier alpha value is -1.06. The molecule has 18 heavy (non-hydrogen) atoms. The van der Waals surface area contributed by atoms with E-state index in [1.54, 1.807) is 7.11 Å². The second-order valence-corrected chi connectivity index (χ2v) is 5.21. The van der Waals surface area contributed by atoms with Gasteiger partial charge in [-0.2, -0.15) is 0 Å². The minimum absolute atomic E-state index is 0.0132. The molecule has 0 aliphatic rings. The fourth-order valence-electron chi connectivity index (χ4n) is 2.09. The third-order valence-electron chi connectivity index (χ3n) is 2.90. The van der Waals surface area contributed by atoms with Crippen molar-refractivity contribution in [3.8, 4) is 5.75 Å². The zero-order chi connectivity index (χ0) is 13.7. The lowest BCUT2D eigenvalue weighted by Crippen LogP contribution is -2.32. The van der Waals surface area contributed by atoms with Crippen molar-refractivity contribution in [2.24, 2.45) is 11.7 Å². The smallest absolute Gasteiger partial charge is 0.120 e. The van der Waals surface area contributed by atoms with Crippen LogP contribution in [0.1, 0.15) is 39.3 Å². The maximum absolute atomic E-state index is 6.27. The van der Waals surface area contributed by atoms with Crippen molar-refractivity contribution in [2.45, 2.75) is 45.9 Å². The van der Waals surface area contributed by atoms with E-state index in [4.69, 9.17) is 15.2 Å². The lowest BCUT2D eigenvalue weighted by atomic mass is 9.94. The van der Waals surface area contributed by atoms with E-state index in [0.717, 1.165) is 11.3 Å². The molecular formula is C15H25NO2. The van der Waals surface area contributed by atoms with Crippen LogP contribution < -0.4 is 10.5 Å². The molecule has 3 heteroatoms. The van der Waals surface area contributed by atoms with Gasteiger partial charge in [-0.1, -0.05) is 26.0 Å². The first-order chi connectivity index (χ1) is 8.45. The summed E-state index contributed by atoms with van der Waals surface area (Å²) < 4.78 is 11.2. The second kappa shape index (κ2) is 6.76. The van der Waals surface area contributed by atoms with E-state index in [9.17, 15) is 0 Å². The van der Waals surface area contributed by atoms with E-state index < -0.39 is 0 Å². The van der Waals surface area contributed by atoms with Crippen LogP contribution >= 0.6 is 0 Å². The average Bonchev–Trinajstić information content (AvgIpc) is 2.28. The van der Waals surface area contributed by atoms with Gasteiger partial charge in [0.2, 0.25) is 0 Å². The molecule has 3 nitrogen and oxygen atoms in total. The summed E-state index contributed by atoms with van der Waals surface area (Å²) in [5.41, 5.74) is 7.32. The Morgan fingerprint density at radius 3 is 2.28 bits per heavy atom. The normalized spacial score (nSPS) is 14.9. The molecule has 1 aromatic rings. The highest BCUT2D eigenvalue weighted by atomic mass is 16.5. The first-order valence-corrected chi connectivity index (χ1v) is 6.50. The monoisotopic (exact) mass is 251 g/mol. The lowest BCUT2D eigenvalue weighted by Gasteiger charge is -2.26. The van der Waals surface area contributed by atoms with Crippen molar-refractivity contribution in [3.63, 3.8) is 0 Å². The molecule has 0 spiro atoms. The van der Waals surface area contributed by atoms with Gasteiger partial charge in [0.1, 0.15) is 5.75 Å². The molecule has 2 atom stereocenters. The van der Waals surface area contributed by atoms with Gasteiger partial charge < -0.3 is 15.2 Å². The molecule has 0 aromatic heterocycles. The summed E-state index contributed by atoms with van der Waals surface area (Å²) in [4.78, 5) is 0. The van der Waals surface area contributed by atoms with Crippen LogP contribution in [-0.4, -0.2) is 19.3 Å². The molecule has 1 aromatic carbocycles. The van der Waals surface area contributed by atoms with Crippen molar-refractivity contribution < 1.29 is 9.47 Å². The summed E-state index contributed by atoms with van der Waals surface area (Å²) in [6.45, 7) is 8.25. The van der Waals surface area contributed by atoms with Crippen LogP contribution in [0, 0.1) is 5.92 Å². The Balaban J connectivity index is 2.88. The summed E-state index contributed by atoms with van der Waals surface area (Å²) in [5.74, 6) is 1.23. The summed E-state index contributed by atoms with van der Waals surface area (Å²) >= 11 is 0. The van der Waals surface area contributed by atoms with Gasteiger partial charge in [-0.05, 0) is 37.5 Å². The Morgan fingerprint density at radius 1 is 1.11 bits per heavy atom. The number of methoxy groups -OCH3 is 1. The van der Waals surface area contributed by atoms with Gasteiger partial charge in [0.05, 0.1) is 18.2 Å². The average molecular weight is 251 g/mol. The van der Waals surface area contributed by atoms with Crippen LogP contribution in [0.2, 0.25) is 0 Å². The molecule has 0 saturated carbocycles. The van der Waals surface area contributed by atoms with Gasteiger partial charge in [0.25, 0.3) is 0 Å². The lowest BCUT2D eigenvalue weighted by molar-refractivity contribution is 0.0436. The van der Waals surface area contributed by atoms with Gasteiger partial charge in [-0.3, -0.25) is 0 Å². The molecule has 0 aliphatic heterocycles. The van der Waals surface area contributed by atoms with Crippen LogP contribution in [0.3, 0.4) is 0 Å². The number of hydrogen-bond acceptors (Lipinski definition) is 3. The third-order valence-corrected chi connectivity index (χ3v) is 2.90. The van der Waals surface area contributed by atoms with Crippen LogP contribution in [0.4, 0.5) is 0 Å². The molecule has 2 N–H and O–H groups in total. The fraction of sp³-hybridized carbons (Fsp3) is 0.600. The van der Waals surface area contributed by atoms with Crippen molar-refractivity contribution in [1.82, 2.24) is 0 Å². The van der Waals surface area contributed by atoms with E-state index in [-0.39, 0.29) is 18.2 Å². The number of benzene rings is 1. The second-order valence-electron chi connectivity index (χ2n) is 5.21. The summed E-state index contributed by atoms with van der Waals surface area (Å²) in [7, 11) is 1.71. The van der Waals surface area contributed by atoms with Crippen LogP contribution in [0.5, 0.6) is 5.75 Å². The van der Waals surface area contributed by atoms with E-state index in [1.165, 1.54) is 0 Å². The molecule has 102 valence electrons. The molecule has 2 unspecified atom stereocenters. The molecule has 0 saturated heterocycles. The van der Waals surface area contributed by atoms with E-state index >= 15 is 0 Å². The Labute approximate surface area is 110 Å². The zero-order valence-corrected chi connectivity index (χ0v) is 12.0. The Bertz CT molecular complexity index is 363. The Morgan fingerprint density at radius 2 is 1.78 bits per heavy atom. The van der Waals surface area contributed by atoms with E-state index in [1.807, 2.05) is 38.1 Å². The van der Waals surface area contributed by atoms with Crippen LogP contribution in [0.15, 0.2) is 24.3 Å². The van der Waals surface area contributed by atoms with E-state index in [2.05, 4.69) is 13.8 Å². The summed E-state index contributed by atoms with van der Waals surface area (Å²) in [6.07, 6.45) is 0.180. The van der Waals surface area contributed by atoms with E-state index in [0.29, 0.717) is 5.92 Å². The number of hydrogen-bond donors (Lipinski definition) is 1.